The molecule has 1 aliphatic rings. The van der Waals surface area contributed by atoms with E-state index in [-0.39, 0.29) is 12.0 Å². The van der Waals surface area contributed by atoms with Crippen LogP contribution in [0.15, 0.2) is 24.7 Å². The summed E-state index contributed by atoms with van der Waals surface area (Å²) in [6.45, 7) is 8.59. The molecule has 0 aliphatic carbocycles. The van der Waals surface area contributed by atoms with Gasteiger partial charge in [0, 0.05) is 31.3 Å². The van der Waals surface area contributed by atoms with E-state index in [2.05, 4.69) is 19.9 Å². The highest BCUT2D eigenvalue weighted by Gasteiger charge is 2.33. The summed E-state index contributed by atoms with van der Waals surface area (Å²) in [5, 5.41) is 0. The van der Waals surface area contributed by atoms with Gasteiger partial charge in [-0.1, -0.05) is 0 Å². The molecule has 182 valence electrons. The molecule has 1 aliphatic heterocycles. The summed E-state index contributed by atoms with van der Waals surface area (Å²) in [5.41, 5.74) is -0.282. The Kier molecular flexibility index (Phi) is 6.09. The van der Waals surface area contributed by atoms with Gasteiger partial charge in [0.15, 0.2) is 11.2 Å². The van der Waals surface area contributed by atoms with E-state index in [0.29, 0.717) is 48.6 Å². The van der Waals surface area contributed by atoms with Crippen LogP contribution in [0.2, 0.25) is 0 Å². The molecule has 12 heteroatoms. The molecule has 0 N–H and O–H groups in total. The van der Waals surface area contributed by atoms with Gasteiger partial charge in [0.1, 0.15) is 29.6 Å². The number of amides is 1. The van der Waals surface area contributed by atoms with E-state index in [0.717, 1.165) is 12.3 Å². The van der Waals surface area contributed by atoms with Gasteiger partial charge in [-0.05, 0) is 39.8 Å². The van der Waals surface area contributed by atoms with Crippen molar-refractivity contribution in [2.24, 2.45) is 0 Å². The minimum atomic E-state index is -4.52. The third-order valence-corrected chi connectivity index (χ3v) is 5.20. The summed E-state index contributed by atoms with van der Waals surface area (Å²) < 4.78 is 51.9. The Morgan fingerprint density at radius 3 is 2.56 bits per heavy atom. The second-order valence-corrected chi connectivity index (χ2v) is 8.92. The van der Waals surface area contributed by atoms with Crippen molar-refractivity contribution in [1.82, 2.24) is 29.4 Å². The van der Waals surface area contributed by atoms with Gasteiger partial charge in [-0.15, -0.1) is 0 Å². The van der Waals surface area contributed by atoms with Crippen LogP contribution < -0.4 is 4.74 Å². The van der Waals surface area contributed by atoms with Crippen LogP contribution in [0.1, 0.15) is 39.8 Å². The average molecular weight is 478 g/mol. The average Bonchev–Trinajstić information content (AvgIpc) is 3.37. The Morgan fingerprint density at radius 1 is 1.18 bits per heavy atom. The van der Waals surface area contributed by atoms with E-state index in [1.54, 1.807) is 30.2 Å². The summed E-state index contributed by atoms with van der Waals surface area (Å²) in [7, 11) is 0. The quantitative estimate of drug-likeness (QED) is 0.551. The lowest BCUT2D eigenvalue weighted by atomic mass is 10.2. The molecular weight excluding hydrogens is 453 g/mol. The van der Waals surface area contributed by atoms with Crippen molar-refractivity contribution < 1.29 is 27.4 Å². The number of rotatable bonds is 4. The molecule has 3 aromatic rings. The standard InChI is InChI=1S/C22H25F3N6O3/c1-5-31-17(13-6-7-15(26-10-13)22(23,24)25)29-16-18(31)27-12-28-19(16)33-14-8-9-30(11-14)20(32)34-21(2,3)4/h6-7,10,12,14H,5,8-9,11H2,1-4H3. The second-order valence-electron chi connectivity index (χ2n) is 8.92. The van der Waals surface area contributed by atoms with Crippen molar-refractivity contribution in [3.05, 3.63) is 30.4 Å². The van der Waals surface area contributed by atoms with Crippen molar-refractivity contribution in [2.45, 2.75) is 58.5 Å². The number of imidazole rings is 1. The highest BCUT2D eigenvalue weighted by atomic mass is 19.4. The van der Waals surface area contributed by atoms with E-state index in [1.807, 2.05) is 6.92 Å². The SMILES string of the molecule is CCn1c(-c2ccc(C(F)(F)F)nc2)nc2c(OC3CCN(C(=O)OC(C)(C)C)C3)ncnc21. The molecule has 3 aromatic heterocycles. The monoisotopic (exact) mass is 478 g/mol. The van der Waals surface area contributed by atoms with Gasteiger partial charge in [0.05, 0.1) is 6.54 Å². The number of hydrogen-bond acceptors (Lipinski definition) is 7. The molecular formula is C22H25F3N6O3. The first-order valence-corrected chi connectivity index (χ1v) is 10.9. The zero-order chi connectivity index (χ0) is 24.7. The molecule has 0 spiro atoms. The molecule has 1 saturated heterocycles. The van der Waals surface area contributed by atoms with Gasteiger partial charge in [-0.3, -0.25) is 4.98 Å². The normalized spacial score (nSPS) is 16.8. The minimum absolute atomic E-state index is 0.245. The van der Waals surface area contributed by atoms with E-state index < -0.39 is 23.6 Å². The summed E-state index contributed by atoms with van der Waals surface area (Å²) in [4.78, 5) is 30.5. The molecule has 34 heavy (non-hydrogen) atoms. The molecule has 9 nitrogen and oxygen atoms in total. The van der Waals surface area contributed by atoms with Crippen molar-refractivity contribution in [3.63, 3.8) is 0 Å². The Balaban J connectivity index is 1.59. The van der Waals surface area contributed by atoms with E-state index >= 15 is 0 Å². The van der Waals surface area contributed by atoms with Crippen molar-refractivity contribution >= 4 is 17.3 Å². The third-order valence-electron chi connectivity index (χ3n) is 5.20. The van der Waals surface area contributed by atoms with Gasteiger partial charge in [-0.2, -0.15) is 18.2 Å². The maximum atomic E-state index is 12.9. The van der Waals surface area contributed by atoms with Crippen LogP contribution in [0.5, 0.6) is 5.88 Å². The zero-order valence-corrected chi connectivity index (χ0v) is 19.3. The molecule has 0 saturated carbocycles. The van der Waals surface area contributed by atoms with Gasteiger partial charge in [0.25, 0.3) is 0 Å². The molecule has 0 radical (unpaired) electrons. The molecule has 1 atom stereocenters. The number of pyridine rings is 1. The minimum Gasteiger partial charge on any atom is -0.471 e. The second kappa shape index (κ2) is 8.73. The number of ether oxygens (including phenoxy) is 2. The number of aromatic nitrogens is 5. The molecule has 1 amide bonds. The molecule has 1 fully saturated rings. The number of carbonyl (C=O) groups excluding carboxylic acids is 1. The molecule has 0 bridgehead atoms. The van der Waals surface area contributed by atoms with Crippen molar-refractivity contribution in [2.75, 3.05) is 13.1 Å². The largest absolute Gasteiger partial charge is 0.471 e. The Morgan fingerprint density at radius 2 is 1.94 bits per heavy atom. The number of fused-ring (bicyclic) bond motifs is 1. The molecule has 4 heterocycles. The highest BCUT2D eigenvalue weighted by molar-refractivity contribution is 5.81. The first-order chi connectivity index (χ1) is 16.0. The fourth-order valence-electron chi connectivity index (χ4n) is 3.69. The van der Waals surface area contributed by atoms with Gasteiger partial charge >= 0.3 is 12.3 Å². The van der Waals surface area contributed by atoms with Gasteiger partial charge in [0.2, 0.25) is 5.88 Å². The topological polar surface area (TPSA) is 95.3 Å². The summed E-state index contributed by atoms with van der Waals surface area (Å²) in [6.07, 6.45) is -2.16. The molecule has 0 aromatic carbocycles. The van der Waals surface area contributed by atoms with Crippen LogP contribution in [-0.2, 0) is 17.5 Å². The highest BCUT2D eigenvalue weighted by Crippen LogP contribution is 2.32. The van der Waals surface area contributed by atoms with Crippen LogP contribution in [0, 0.1) is 0 Å². The smallest absolute Gasteiger partial charge is 0.433 e. The first kappa shape index (κ1) is 23.7. The third kappa shape index (κ3) is 4.90. The van der Waals surface area contributed by atoms with Crippen LogP contribution in [-0.4, -0.2) is 60.3 Å². The van der Waals surface area contributed by atoms with E-state index in [1.165, 1.54) is 12.4 Å². The predicted molar refractivity (Wildman–Crippen MR) is 116 cm³/mol. The number of alkyl halides is 3. The number of hydrogen-bond donors (Lipinski definition) is 0. The van der Waals surface area contributed by atoms with E-state index in [4.69, 9.17) is 9.47 Å². The fraction of sp³-hybridized carbons (Fsp3) is 0.500. The predicted octanol–water partition coefficient (Wildman–Crippen LogP) is 4.32. The Hall–Kier alpha value is -3.44. The van der Waals surface area contributed by atoms with Crippen LogP contribution in [0.4, 0.5) is 18.0 Å². The lowest BCUT2D eigenvalue weighted by Gasteiger charge is -2.24. The summed E-state index contributed by atoms with van der Waals surface area (Å²) in [6, 6.07) is 2.24. The van der Waals surface area contributed by atoms with Crippen molar-refractivity contribution in [1.29, 1.82) is 0 Å². The number of likely N-dealkylation sites (tertiary alicyclic amines) is 1. The van der Waals surface area contributed by atoms with Crippen LogP contribution in [0.25, 0.3) is 22.6 Å². The Labute approximate surface area is 193 Å². The van der Waals surface area contributed by atoms with E-state index in [9.17, 15) is 18.0 Å². The van der Waals surface area contributed by atoms with Crippen LogP contribution >= 0.6 is 0 Å². The molecule has 4 rings (SSSR count). The first-order valence-electron chi connectivity index (χ1n) is 10.9. The number of aryl methyl sites for hydroxylation is 1. The maximum Gasteiger partial charge on any atom is 0.433 e. The number of halogens is 3. The van der Waals surface area contributed by atoms with Crippen LogP contribution in [0.3, 0.4) is 0 Å². The lowest BCUT2D eigenvalue weighted by molar-refractivity contribution is -0.141. The lowest BCUT2D eigenvalue weighted by Crippen LogP contribution is -2.36. The summed E-state index contributed by atoms with van der Waals surface area (Å²) in [5.74, 6) is 0.653. The maximum absolute atomic E-state index is 12.9. The van der Waals surface area contributed by atoms with Gasteiger partial charge in [-0.25, -0.2) is 14.8 Å². The number of nitrogens with zero attached hydrogens (tertiary/aromatic N) is 6. The summed E-state index contributed by atoms with van der Waals surface area (Å²) >= 11 is 0. The molecule has 1 unspecified atom stereocenters. The zero-order valence-electron chi connectivity index (χ0n) is 19.3. The fourth-order valence-corrected chi connectivity index (χ4v) is 3.69. The Bertz CT molecular complexity index is 1190. The van der Waals surface area contributed by atoms with Crippen molar-refractivity contribution in [3.8, 4) is 17.3 Å². The number of carbonyl (C=O) groups is 1. The van der Waals surface area contributed by atoms with Gasteiger partial charge < -0.3 is 18.9 Å².